The van der Waals surface area contributed by atoms with Crippen molar-refractivity contribution in [2.45, 2.75) is 39.5 Å². The van der Waals surface area contributed by atoms with E-state index in [1.807, 2.05) is 13.0 Å². The maximum Gasteiger partial charge on any atom is 0.166 e. The zero-order valence-corrected chi connectivity index (χ0v) is 11.4. The van der Waals surface area contributed by atoms with Crippen molar-refractivity contribution in [3.05, 3.63) is 46.5 Å². The van der Waals surface area contributed by atoms with E-state index >= 15 is 0 Å². The predicted octanol–water partition coefficient (Wildman–Crippen LogP) is 4.81. The molecule has 0 spiro atoms. The minimum Gasteiger partial charge on any atom is -0.203 e. The molecule has 0 amide bonds. The molecule has 2 aromatic rings. The molecule has 2 aromatic carbocycles. The SMILES string of the molecule is CCc1cc2cc3c(cc2c(F)c1F)CC(C)CC3. The molecule has 0 N–H and O–H groups in total. The Hall–Kier alpha value is -1.44. The molecule has 0 radical (unpaired) electrons. The summed E-state index contributed by atoms with van der Waals surface area (Å²) in [7, 11) is 0. The normalized spacial score (nSPS) is 18.6. The fourth-order valence-electron chi connectivity index (χ4n) is 3.09. The van der Waals surface area contributed by atoms with Crippen LogP contribution in [0.15, 0.2) is 18.2 Å². The third-order valence-corrected chi connectivity index (χ3v) is 4.27. The van der Waals surface area contributed by atoms with Gasteiger partial charge in [0.2, 0.25) is 0 Å². The zero-order valence-electron chi connectivity index (χ0n) is 11.4. The van der Waals surface area contributed by atoms with E-state index < -0.39 is 11.6 Å². The number of rotatable bonds is 1. The first kappa shape index (κ1) is 12.6. The van der Waals surface area contributed by atoms with Crippen LogP contribution in [0.5, 0.6) is 0 Å². The van der Waals surface area contributed by atoms with Crippen molar-refractivity contribution in [2.24, 2.45) is 5.92 Å². The van der Waals surface area contributed by atoms with Gasteiger partial charge in [0.15, 0.2) is 11.6 Å². The van der Waals surface area contributed by atoms with Crippen molar-refractivity contribution in [1.82, 2.24) is 0 Å². The summed E-state index contributed by atoms with van der Waals surface area (Å²) < 4.78 is 28.0. The fraction of sp³-hybridized carbons (Fsp3) is 0.412. The minimum absolute atomic E-state index is 0.433. The first-order valence-electron chi connectivity index (χ1n) is 7.02. The molecule has 0 aliphatic heterocycles. The van der Waals surface area contributed by atoms with Gasteiger partial charge >= 0.3 is 0 Å². The molecule has 1 atom stereocenters. The van der Waals surface area contributed by atoms with Crippen LogP contribution in [0, 0.1) is 17.6 Å². The highest BCUT2D eigenvalue weighted by molar-refractivity contribution is 5.85. The lowest BCUT2D eigenvalue weighted by Crippen LogP contribution is -2.11. The predicted molar refractivity (Wildman–Crippen MR) is 74.4 cm³/mol. The smallest absolute Gasteiger partial charge is 0.166 e. The Morgan fingerprint density at radius 3 is 2.63 bits per heavy atom. The first-order valence-corrected chi connectivity index (χ1v) is 7.02. The Kier molecular flexibility index (Phi) is 3.04. The largest absolute Gasteiger partial charge is 0.203 e. The number of benzene rings is 2. The van der Waals surface area contributed by atoms with E-state index in [4.69, 9.17) is 0 Å². The highest BCUT2D eigenvalue weighted by atomic mass is 19.2. The monoisotopic (exact) mass is 260 g/mol. The Morgan fingerprint density at radius 2 is 1.89 bits per heavy atom. The van der Waals surface area contributed by atoms with Gasteiger partial charge in [-0.1, -0.05) is 19.9 Å². The van der Waals surface area contributed by atoms with Crippen molar-refractivity contribution < 1.29 is 8.78 Å². The van der Waals surface area contributed by atoms with Crippen LogP contribution in [0.4, 0.5) is 8.78 Å². The van der Waals surface area contributed by atoms with Gasteiger partial charge in [-0.25, -0.2) is 8.78 Å². The molecule has 0 saturated carbocycles. The van der Waals surface area contributed by atoms with Crippen LogP contribution in [0.25, 0.3) is 10.8 Å². The van der Waals surface area contributed by atoms with Crippen LogP contribution < -0.4 is 0 Å². The van der Waals surface area contributed by atoms with Crippen molar-refractivity contribution >= 4 is 10.8 Å². The summed E-state index contributed by atoms with van der Waals surface area (Å²) in [4.78, 5) is 0. The molecule has 2 heteroatoms. The van der Waals surface area contributed by atoms with E-state index in [-0.39, 0.29) is 0 Å². The van der Waals surface area contributed by atoms with E-state index in [0.29, 0.717) is 23.3 Å². The van der Waals surface area contributed by atoms with Crippen LogP contribution in [-0.2, 0) is 19.3 Å². The number of halogens is 2. The van der Waals surface area contributed by atoms with Gasteiger partial charge in [-0.15, -0.1) is 0 Å². The third kappa shape index (κ3) is 2.03. The first-order chi connectivity index (χ1) is 9.10. The Balaban J connectivity index is 2.26. The average molecular weight is 260 g/mol. The number of hydrogen-bond donors (Lipinski definition) is 0. The molecule has 0 nitrogen and oxygen atoms in total. The number of fused-ring (bicyclic) bond motifs is 2. The van der Waals surface area contributed by atoms with Crippen LogP contribution in [0.3, 0.4) is 0 Å². The number of hydrogen-bond acceptors (Lipinski definition) is 0. The van der Waals surface area contributed by atoms with Crippen molar-refractivity contribution in [3.63, 3.8) is 0 Å². The molecule has 0 heterocycles. The maximum atomic E-state index is 14.1. The summed E-state index contributed by atoms with van der Waals surface area (Å²) in [6, 6.07) is 5.71. The van der Waals surface area contributed by atoms with Gasteiger partial charge in [-0.2, -0.15) is 0 Å². The molecule has 0 fully saturated rings. The van der Waals surface area contributed by atoms with Gasteiger partial charge in [-0.05, 0) is 65.8 Å². The van der Waals surface area contributed by atoms with Crippen LogP contribution in [0.2, 0.25) is 0 Å². The summed E-state index contributed by atoms with van der Waals surface area (Å²) in [6.45, 7) is 4.06. The molecule has 3 rings (SSSR count). The second-order valence-corrected chi connectivity index (χ2v) is 5.71. The minimum atomic E-state index is -0.685. The maximum absolute atomic E-state index is 14.1. The van der Waals surface area contributed by atoms with Crippen LogP contribution in [0.1, 0.15) is 37.0 Å². The lowest BCUT2D eigenvalue weighted by atomic mass is 9.83. The average Bonchev–Trinajstić information content (AvgIpc) is 2.41. The lowest BCUT2D eigenvalue weighted by Gasteiger charge is -2.22. The quantitative estimate of drug-likeness (QED) is 0.690. The Labute approximate surface area is 112 Å². The molecular formula is C17H18F2. The Morgan fingerprint density at radius 1 is 1.11 bits per heavy atom. The van der Waals surface area contributed by atoms with Gasteiger partial charge in [0.25, 0.3) is 0 Å². The number of aryl methyl sites for hydroxylation is 2. The van der Waals surface area contributed by atoms with E-state index in [9.17, 15) is 8.78 Å². The summed E-state index contributed by atoms with van der Waals surface area (Å²) in [5, 5.41) is 1.27. The zero-order chi connectivity index (χ0) is 13.6. The molecule has 1 aliphatic rings. The van der Waals surface area contributed by atoms with E-state index in [1.165, 1.54) is 17.5 Å². The molecule has 0 saturated heterocycles. The van der Waals surface area contributed by atoms with Crippen LogP contribution in [-0.4, -0.2) is 0 Å². The lowest BCUT2D eigenvalue weighted by molar-refractivity contribution is 0.499. The molecule has 0 aromatic heterocycles. The summed E-state index contributed by atoms with van der Waals surface area (Å²) in [5.41, 5.74) is 2.96. The van der Waals surface area contributed by atoms with E-state index in [1.54, 1.807) is 6.07 Å². The van der Waals surface area contributed by atoms with E-state index in [0.717, 1.165) is 18.2 Å². The highest BCUT2D eigenvalue weighted by Gasteiger charge is 2.19. The summed E-state index contributed by atoms with van der Waals surface area (Å²) in [6.07, 6.45) is 3.73. The van der Waals surface area contributed by atoms with Crippen LogP contribution >= 0.6 is 0 Å². The topological polar surface area (TPSA) is 0 Å². The van der Waals surface area contributed by atoms with E-state index in [2.05, 4.69) is 13.0 Å². The van der Waals surface area contributed by atoms with Crippen molar-refractivity contribution in [3.8, 4) is 0 Å². The molecule has 19 heavy (non-hydrogen) atoms. The molecule has 1 aliphatic carbocycles. The van der Waals surface area contributed by atoms with Gasteiger partial charge in [0.1, 0.15) is 0 Å². The molecule has 0 bridgehead atoms. The molecular weight excluding hydrogens is 242 g/mol. The van der Waals surface area contributed by atoms with Gasteiger partial charge in [-0.3, -0.25) is 0 Å². The Bertz CT molecular complexity index is 643. The van der Waals surface area contributed by atoms with Crippen molar-refractivity contribution in [2.75, 3.05) is 0 Å². The highest BCUT2D eigenvalue weighted by Crippen LogP contribution is 2.32. The molecule has 1 unspecified atom stereocenters. The van der Waals surface area contributed by atoms with Gasteiger partial charge in [0.05, 0.1) is 0 Å². The summed E-state index contributed by atoms with van der Waals surface area (Å²) >= 11 is 0. The molecule has 100 valence electrons. The van der Waals surface area contributed by atoms with Gasteiger partial charge in [0, 0.05) is 5.39 Å². The van der Waals surface area contributed by atoms with Gasteiger partial charge < -0.3 is 0 Å². The fourth-order valence-corrected chi connectivity index (χ4v) is 3.09. The second kappa shape index (κ2) is 4.59. The second-order valence-electron chi connectivity index (χ2n) is 5.71. The third-order valence-electron chi connectivity index (χ3n) is 4.27. The standard InChI is InChI=1S/C17H18F2/c1-3-11-7-14-8-12-5-4-10(2)6-13(12)9-15(14)17(19)16(11)18/h7-10H,3-6H2,1-2H3. The summed E-state index contributed by atoms with van der Waals surface area (Å²) in [5.74, 6) is -0.734. The van der Waals surface area contributed by atoms with Crippen molar-refractivity contribution in [1.29, 1.82) is 0 Å².